The van der Waals surface area contributed by atoms with Gasteiger partial charge in [-0.3, -0.25) is 14.3 Å². The molecule has 0 saturated heterocycles. The maximum absolute atomic E-state index is 12.0. The van der Waals surface area contributed by atoms with E-state index in [2.05, 4.69) is 4.98 Å². The zero-order valence-electron chi connectivity index (χ0n) is 13.2. The van der Waals surface area contributed by atoms with Crippen molar-refractivity contribution in [1.29, 1.82) is 0 Å². The number of hydrogen-bond donors (Lipinski definition) is 2. The van der Waals surface area contributed by atoms with E-state index < -0.39 is 5.75 Å². The van der Waals surface area contributed by atoms with Gasteiger partial charge in [0, 0.05) is 18.8 Å². The number of carbonyl (C=O) groups excluding carboxylic acids is 1. The summed E-state index contributed by atoms with van der Waals surface area (Å²) in [6.45, 7) is 1.33. The minimum absolute atomic E-state index is 0.00156. The Morgan fingerprint density at radius 3 is 2.33 bits per heavy atom. The third kappa shape index (κ3) is 2.48. The smallest absolute Gasteiger partial charge is 0.188 e. The summed E-state index contributed by atoms with van der Waals surface area (Å²) >= 11 is 0. The van der Waals surface area contributed by atoms with Crippen molar-refractivity contribution in [2.45, 2.75) is 6.92 Å². The fraction of sp³-hybridized carbons (Fsp3) is 0.111. The molecule has 0 unspecified atom stereocenters. The molecule has 2 heterocycles. The molecule has 24 heavy (non-hydrogen) atoms. The number of aromatic hydroxyl groups is 2. The van der Waals surface area contributed by atoms with Crippen LogP contribution in [0.5, 0.6) is 17.2 Å². The lowest BCUT2D eigenvalue weighted by Gasteiger charge is -2.12. The molecule has 1 aromatic carbocycles. The van der Waals surface area contributed by atoms with E-state index in [1.54, 1.807) is 55.8 Å². The van der Waals surface area contributed by atoms with E-state index in [4.69, 9.17) is 4.74 Å². The molecule has 3 rings (SSSR count). The van der Waals surface area contributed by atoms with Gasteiger partial charge in [-0.05, 0) is 36.4 Å². The Labute approximate surface area is 138 Å². The van der Waals surface area contributed by atoms with Crippen molar-refractivity contribution in [3.63, 3.8) is 0 Å². The van der Waals surface area contributed by atoms with E-state index >= 15 is 0 Å². The van der Waals surface area contributed by atoms with Crippen LogP contribution < -0.4 is 4.74 Å². The van der Waals surface area contributed by atoms with Crippen molar-refractivity contribution in [2.75, 3.05) is 7.11 Å². The van der Waals surface area contributed by atoms with Crippen LogP contribution in [0, 0.1) is 0 Å². The number of rotatable bonds is 4. The van der Waals surface area contributed by atoms with Gasteiger partial charge in [0.15, 0.2) is 17.3 Å². The summed E-state index contributed by atoms with van der Waals surface area (Å²) in [5.74, 6) is -0.558. The summed E-state index contributed by atoms with van der Waals surface area (Å²) in [4.78, 5) is 16.3. The molecule has 6 nitrogen and oxygen atoms in total. The van der Waals surface area contributed by atoms with Gasteiger partial charge >= 0.3 is 0 Å². The quantitative estimate of drug-likeness (QED) is 0.720. The van der Waals surface area contributed by atoms with Gasteiger partial charge in [0.2, 0.25) is 0 Å². The maximum Gasteiger partial charge on any atom is 0.188 e. The molecule has 0 aliphatic heterocycles. The minimum atomic E-state index is -0.459. The second kappa shape index (κ2) is 6.08. The summed E-state index contributed by atoms with van der Waals surface area (Å²) < 4.78 is 6.63. The monoisotopic (exact) mass is 324 g/mol. The number of benzene rings is 1. The Morgan fingerprint density at radius 2 is 1.79 bits per heavy atom. The molecule has 122 valence electrons. The number of pyridine rings is 1. The van der Waals surface area contributed by atoms with Crippen LogP contribution in [-0.4, -0.2) is 32.7 Å². The molecule has 0 amide bonds. The Bertz CT molecular complexity index is 884. The van der Waals surface area contributed by atoms with Crippen LogP contribution in [0.3, 0.4) is 0 Å². The number of nitrogens with zero attached hydrogens (tertiary/aromatic N) is 2. The Morgan fingerprint density at radius 1 is 1.08 bits per heavy atom. The SMILES string of the molecule is COc1ccc(-n2c(C(C)=O)c(O)c(O)c2-c2ccccn2)cc1. The van der Waals surface area contributed by atoms with Gasteiger partial charge in [-0.25, -0.2) is 0 Å². The first-order chi connectivity index (χ1) is 11.5. The first-order valence-electron chi connectivity index (χ1n) is 7.28. The zero-order valence-corrected chi connectivity index (χ0v) is 13.2. The summed E-state index contributed by atoms with van der Waals surface area (Å²) in [5.41, 5.74) is 1.28. The fourth-order valence-electron chi connectivity index (χ4n) is 2.60. The molecule has 0 fully saturated rings. The second-order valence-corrected chi connectivity index (χ2v) is 5.20. The first kappa shape index (κ1) is 15.6. The molecule has 0 atom stereocenters. The molecule has 3 aromatic rings. The maximum atomic E-state index is 12.0. The lowest BCUT2D eigenvalue weighted by atomic mass is 10.2. The summed E-state index contributed by atoms with van der Waals surface area (Å²) in [6.07, 6.45) is 1.57. The number of ketones is 1. The molecule has 2 aromatic heterocycles. The van der Waals surface area contributed by atoms with Crippen LogP contribution in [0.15, 0.2) is 48.7 Å². The highest BCUT2D eigenvalue weighted by Gasteiger charge is 2.27. The number of ether oxygens (including phenoxy) is 1. The molecule has 0 saturated carbocycles. The van der Waals surface area contributed by atoms with Crippen molar-refractivity contribution in [3.8, 4) is 34.3 Å². The highest BCUT2D eigenvalue weighted by atomic mass is 16.5. The molecule has 0 spiro atoms. The zero-order chi connectivity index (χ0) is 17.3. The summed E-state index contributed by atoms with van der Waals surface area (Å²) in [7, 11) is 1.56. The average Bonchev–Trinajstić information content (AvgIpc) is 2.87. The van der Waals surface area contributed by atoms with Gasteiger partial charge in [-0.15, -0.1) is 0 Å². The van der Waals surface area contributed by atoms with Crippen molar-refractivity contribution in [1.82, 2.24) is 9.55 Å². The number of hydrogen-bond acceptors (Lipinski definition) is 5. The highest BCUT2D eigenvalue weighted by Crippen LogP contribution is 2.43. The average molecular weight is 324 g/mol. The van der Waals surface area contributed by atoms with Crippen LogP contribution in [0.2, 0.25) is 0 Å². The molecule has 0 radical (unpaired) electrons. The number of methoxy groups -OCH3 is 1. The predicted molar refractivity (Wildman–Crippen MR) is 88.9 cm³/mol. The minimum Gasteiger partial charge on any atom is -0.503 e. The van der Waals surface area contributed by atoms with E-state index in [0.29, 0.717) is 17.1 Å². The van der Waals surface area contributed by atoms with E-state index in [0.717, 1.165) is 0 Å². The lowest BCUT2D eigenvalue weighted by molar-refractivity contribution is 0.100. The fourth-order valence-corrected chi connectivity index (χ4v) is 2.60. The highest BCUT2D eigenvalue weighted by molar-refractivity contribution is 5.99. The van der Waals surface area contributed by atoms with Gasteiger partial charge in [0.1, 0.15) is 17.1 Å². The number of Topliss-reactive ketones (excluding diaryl/α,β-unsaturated/α-hetero) is 1. The lowest BCUT2D eigenvalue weighted by Crippen LogP contribution is -2.06. The third-order valence-electron chi connectivity index (χ3n) is 3.69. The van der Waals surface area contributed by atoms with E-state index in [-0.39, 0.29) is 22.9 Å². The Kier molecular flexibility index (Phi) is 3.95. The Balaban J connectivity index is 2.33. The first-order valence-corrected chi connectivity index (χ1v) is 7.28. The second-order valence-electron chi connectivity index (χ2n) is 5.20. The van der Waals surface area contributed by atoms with E-state index in [1.165, 1.54) is 11.5 Å². The molecule has 2 N–H and O–H groups in total. The van der Waals surface area contributed by atoms with Gasteiger partial charge in [0.25, 0.3) is 0 Å². The van der Waals surface area contributed by atoms with Crippen LogP contribution in [-0.2, 0) is 0 Å². The number of aromatic nitrogens is 2. The molecule has 0 aliphatic carbocycles. The van der Waals surface area contributed by atoms with Crippen LogP contribution >= 0.6 is 0 Å². The van der Waals surface area contributed by atoms with Crippen molar-refractivity contribution in [3.05, 3.63) is 54.4 Å². The van der Waals surface area contributed by atoms with Crippen LogP contribution in [0.4, 0.5) is 0 Å². The normalized spacial score (nSPS) is 10.6. The number of carbonyl (C=O) groups is 1. The largest absolute Gasteiger partial charge is 0.503 e. The molecule has 6 heteroatoms. The summed E-state index contributed by atoms with van der Waals surface area (Å²) in [6, 6.07) is 12.1. The van der Waals surface area contributed by atoms with Crippen molar-refractivity contribution >= 4 is 5.78 Å². The van der Waals surface area contributed by atoms with E-state index in [1.807, 2.05) is 0 Å². The predicted octanol–water partition coefficient (Wildman–Crippen LogP) is 3.16. The van der Waals surface area contributed by atoms with Crippen molar-refractivity contribution < 1.29 is 19.7 Å². The standard InChI is InChI=1S/C18H16N2O4/c1-11(21)15-17(22)18(23)16(14-5-3-4-10-19-14)20(15)12-6-8-13(24-2)9-7-12/h3-10,22-23H,1-2H3. The molecular formula is C18H16N2O4. The molecule has 0 bridgehead atoms. The molecule has 0 aliphatic rings. The van der Waals surface area contributed by atoms with E-state index in [9.17, 15) is 15.0 Å². The van der Waals surface area contributed by atoms with Crippen LogP contribution in [0.25, 0.3) is 17.1 Å². The Hall–Kier alpha value is -3.28. The topological polar surface area (TPSA) is 84.6 Å². The van der Waals surface area contributed by atoms with Gasteiger partial charge in [-0.1, -0.05) is 6.07 Å². The third-order valence-corrected chi connectivity index (χ3v) is 3.69. The van der Waals surface area contributed by atoms with Gasteiger partial charge in [-0.2, -0.15) is 0 Å². The van der Waals surface area contributed by atoms with Crippen LogP contribution in [0.1, 0.15) is 17.4 Å². The molecular weight excluding hydrogens is 308 g/mol. The summed E-state index contributed by atoms with van der Waals surface area (Å²) in [5, 5.41) is 20.6. The van der Waals surface area contributed by atoms with Crippen molar-refractivity contribution in [2.24, 2.45) is 0 Å². The van der Waals surface area contributed by atoms with Gasteiger partial charge in [0.05, 0.1) is 12.8 Å². The van der Waals surface area contributed by atoms with Gasteiger partial charge < -0.3 is 14.9 Å².